The number of anilines is 1. The molecule has 2 N–H and O–H groups in total. The summed E-state index contributed by atoms with van der Waals surface area (Å²) in [5, 5.41) is 2.62. The van der Waals surface area contributed by atoms with Gasteiger partial charge in [-0.25, -0.2) is 13.1 Å². The first-order valence-corrected chi connectivity index (χ1v) is 10.6. The van der Waals surface area contributed by atoms with Crippen LogP contribution in [-0.4, -0.2) is 38.9 Å². The second-order valence-electron chi connectivity index (χ2n) is 6.75. The van der Waals surface area contributed by atoms with Gasteiger partial charge in [0, 0.05) is 32.2 Å². The zero-order valence-corrected chi connectivity index (χ0v) is 16.3. The number of benzene rings is 2. The van der Waals surface area contributed by atoms with Gasteiger partial charge in [0.2, 0.25) is 15.9 Å². The summed E-state index contributed by atoms with van der Waals surface area (Å²) in [5.41, 5.74) is 3.35. The standard InChI is InChI=1S/C20H25N3O3S/c1-16(24)22-19-7-9-20(10-8-19)27(25,26)21-12-4-13-23-14-11-17-5-2-3-6-18(17)15-23/h2-3,5-10,21H,4,11-15H2,1H3,(H,22,24). The highest BCUT2D eigenvalue weighted by Gasteiger charge is 2.16. The van der Waals surface area contributed by atoms with Gasteiger partial charge >= 0.3 is 0 Å². The van der Waals surface area contributed by atoms with Crippen LogP contribution in [0.2, 0.25) is 0 Å². The molecule has 1 heterocycles. The zero-order valence-electron chi connectivity index (χ0n) is 15.4. The maximum Gasteiger partial charge on any atom is 0.240 e. The number of hydrogen-bond acceptors (Lipinski definition) is 4. The fourth-order valence-corrected chi connectivity index (χ4v) is 4.33. The number of rotatable bonds is 7. The lowest BCUT2D eigenvalue weighted by molar-refractivity contribution is -0.114. The Balaban J connectivity index is 1.46. The molecule has 3 rings (SSSR count). The fraction of sp³-hybridized carbons (Fsp3) is 0.350. The molecule has 0 aromatic heterocycles. The van der Waals surface area contributed by atoms with E-state index in [0.29, 0.717) is 12.2 Å². The number of amides is 1. The van der Waals surface area contributed by atoms with E-state index < -0.39 is 10.0 Å². The van der Waals surface area contributed by atoms with E-state index in [2.05, 4.69) is 39.2 Å². The van der Waals surface area contributed by atoms with Gasteiger partial charge in [-0.05, 0) is 54.8 Å². The third-order valence-corrected chi connectivity index (χ3v) is 6.11. The summed E-state index contributed by atoms with van der Waals surface area (Å²) in [5.74, 6) is -0.191. The number of sulfonamides is 1. The molecule has 0 atom stereocenters. The fourth-order valence-electron chi connectivity index (χ4n) is 3.26. The summed E-state index contributed by atoms with van der Waals surface area (Å²) in [7, 11) is -3.54. The summed E-state index contributed by atoms with van der Waals surface area (Å²) >= 11 is 0. The van der Waals surface area contributed by atoms with Crippen LogP contribution in [0.1, 0.15) is 24.5 Å². The molecule has 0 fully saturated rings. The Kier molecular flexibility index (Phi) is 6.26. The molecule has 1 aliphatic rings. The molecular weight excluding hydrogens is 362 g/mol. The minimum atomic E-state index is -3.54. The molecule has 6 nitrogen and oxygen atoms in total. The smallest absolute Gasteiger partial charge is 0.240 e. The normalized spacial score (nSPS) is 14.6. The molecule has 2 aromatic rings. The molecule has 0 radical (unpaired) electrons. The lowest BCUT2D eigenvalue weighted by Gasteiger charge is -2.28. The lowest BCUT2D eigenvalue weighted by atomic mass is 10.00. The maximum atomic E-state index is 12.4. The molecule has 144 valence electrons. The third kappa shape index (κ3) is 5.38. The molecule has 0 spiro atoms. The first-order chi connectivity index (χ1) is 12.9. The molecule has 7 heteroatoms. The van der Waals surface area contributed by atoms with Gasteiger partial charge in [0.05, 0.1) is 4.90 Å². The zero-order chi connectivity index (χ0) is 19.3. The average molecular weight is 388 g/mol. The van der Waals surface area contributed by atoms with Gasteiger partial charge in [-0.2, -0.15) is 0 Å². The molecule has 0 saturated heterocycles. The highest BCUT2D eigenvalue weighted by atomic mass is 32.2. The molecule has 0 bridgehead atoms. The SMILES string of the molecule is CC(=O)Nc1ccc(S(=O)(=O)NCCCN2CCc3ccccc3C2)cc1. The summed E-state index contributed by atoms with van der Waals surface area (Å²) in [6.07, 6.45) is 1.80. The highest BCUT2D eigenvalue weighted by molar-refractivity contribution is 7.89. The van der Waals surface area contributed by atoms with Crippen LogP contribution in [0.25, 0.3) is 0 Å². The van der Waals surface area contributed by atoms with E-state index in [-0.39, 0.29) is 10.8 Å². The number of nitrogens with one attached hydrogen (secondary N) is 2. The number of hydrogen-bond donors (Lipinski definition) is 2. The summed E-state index contributed by atoms with van der Waals surface area (Å²) in [6, 6.07) is 14.6. The Morgan fingerprint density at radius 1 is 1.07 bits per heavy atom. The monoisotopic (exact) mass is 387 g/mol. The van der Waals surface area contributed by atoms with Crippen molar-refractivity contribution in [3.05, 3.63) is 59.7 Å². The molecule has 0 saturated carbocycles. The van der Waals surface area contributed by atoms with Crippen LogP contribution < -0.4 is 10.0 Å². The van der Waals surface area contributed by atoms with Gasteiger partial charge in [-0.1, -0.05) is 24.3 Å². The largest absolute Gasteiger partial charge is 0.326 e. The van der Waals surface area contributed by atoms with Crippen LogP contribution in [0.15, 0.2) is 53.4 Å². The average Bonchev–Trinajstić information content (AvgIpc) is 2.65. The molecule has 2 aromatic carbocycles. The molecular formula is C20H25N3O3S. The summed E-state index contributed by atoms with van der Waals surface area (Å²) in [4.78, 5) is 13.6. The molecule has 0 aliphatic carbocycles. The molecule has 27 heavy (non-hydrogen) atoms. The van der Waals surface area contributed by atoms with E-state index >= 15 is 0 Å². The minimum Gasteiger partial charge on any atom is -0.326 e. The number of carbonyl (C=O) groups is 1. The van der Waals surface area contributed by atoms with Gasteiger partial charge in [-0.15, -0.1) is 0 Å². The van der Waals surface area contributed by atoms with Gasteiger partial charge in [0.25, 0.3) is 0 Å². The van der Waals surface area contributed by atoms with Crippen LogP contribution in [0, 0.1) is 0 Å². The van der Waals surface area contributed by atoms with Gasteiger partial charge in [-0.3, -0.25) is 9.69 Å². The highest BCUT2D eigenvalue weighted by Crippen LogP contribution is 2.18. The Labute approximate surface area is 160 Å². The van der Waals surface area contributed by atoms with Crippen LogP contribution in [0.5, 0.6) is 0 Å². The Bertz CT molecular complexity index is 895. The molecule has 1 amide bonds. The number of carbonyl (C=O) groups excluding carboxylic acids is 1. The van der Waals surface area contributed by atoms with E-state index in [1.165, 1.54) is 30.2 Å². The van der Waals surface area contributed by atoms with Crippen molar-refractivity contribution in [1.29, 1.82) is 0 Å². The number of nitrogens with zero attached hydrogens (tertiary/aromatic N) is 1. The van der Waals surface area contributed by atoms with Gasteiger partial charge in [0.15, 0.2) is 0 Å². The molecule has 0 unspecified atom stereocenters. The Morgan fingerprint density at radius 2 is 1.78 bits per heavy atom. The van der Waals surface area contributed by atoms with Crippen LogP contribution >= 0.6 is 0 Å². The Hall–Kier alpha value is -2.22. The third-order valence-electron chi connectivity index (χ3n) is 4.64. The second-order valence-corrected chi connectivity index (χ2v) is 8.52. The van der Waals surface area contributed by atoms with E-state index in [9.17, 15) is 13.2 Å². The van der Waals surface area contributed by atoms with Crippen molar-refractivity contribution >= 4 is 21.6 Å². The summed E-state index contributed by atoms with van der Waals surface area (Å²) in [6.45, 7) is 4.60. The van der Waals surface area contributed by atoms with Gasteiger partial charge < -0.3 is 5.32 Å². The first kappa shape index (κ1) is 19.5. The summed E-state index contributed by atoms with van der Waals surface area (Å²) < 4.78 is 27.4. The van der Waals surface area contributed by atoms with Crippen molar-refractivity contribution in [2.24, 2.45) is 0 Å². The van der Waals surface area contributed by atoms with E-state index in [1.54, 1.807) is 12.1 Å². The Morgan fingerprint density at radius 3 is 2.48 bits per heavy atom. The van der Waals surface area contributed by atoms with Crippen LogP contribution in [0.4, 0.5) is 5.69 Å². The van der Waals surface area contributed by atoms with Crippen molar-refractivity contribution in [2.45, 2.75) is 31.2 Å². The predicted octanol–water partition coefficient (Wildman–Crippen LogP) is 2.37. The maximum absolute atomic E-state index is 12.4. The van der Waals surface area contributed by atoms with Crippen molar-refractivity contribution < 1.29 is 13.2 Å². The van der Waals surface area contributed by atoms with E-state index in [0.717, 1.165) is 32.5 Å². The van der Waals surface area contributed by atoms with Crippen molar-refractivity contribution in [2.75, 3.05) is 25.0 Å². The lowest BCUT2D eigenvalue weighted by Crippen LogP contribution is -2.33. The van der Waals surface area contributed by atoms with Crippen molar-refractivity contribution in [3.8, 4) is 0 Å². The molecule has 1 aliphatic heterocycles. The van der Waals surface area contributed by atoms with Crippen molar-refractivity contribution in [3.63, 3.8) is 0 Å². The van der Waals surface area contributed by atoms with Crippen molar-refractivity contribution in [1.82, 2.24) is 9.62 Å². The quantitative estimate of drug-likeness (QED) is 0.715. The number of fused-ring (bicyclic) bond motifs is 1. The van der Waals surface area contributed by atoms with Gasteiger partial charge in [0.1, 0.15) is 0 Å². The van der Waals surface area contributed by atoms with E-state index in [1.807, 2.05) is 0 Å². The topological polar surface area (TPSA) is 78.5 Å². The van der Waals surface area contributed by atoms with Crippen LogP contribution in [0.3, 0.4) is 0 Å². The minimum absolute atomic E-state index is 0.191. The first-order valence-electron chi connectivity index (χ1n) is 9.10. The van der Waals surface area contributed by atoms with E-state index in [4.69, 9.17) is 0 Å². The second kappa shape index (κ2) is 8.65. The predicted molar refractivity (Wildman–Crippen MR) is 106 cm³/mol. The van der Waals surface area contributed by atoms with Crippen LogP contribution in [-0.2, 0) is 27.8 Å².